The van der Waals surface area contributed by atoms with Crippen molar-refractivity contribution in [2.75, 3.05) is 11.3 Å². The minimum absolute atomic E-state index is 0.0727. The van der Waals surface area contributed by atoms with E-state index < -0.39 is 51.1 Å². The molecule has 0 saturated carbocycles. The Balaban J connectivity index is 1.71. The van der Waals surface area contributed by atoms with Crippen molar-refractivity contribution >= 4 is 16.0 Å². The highest BCUT2D eigenvalue weighted by atomic mass is 32.2. The largest absolute Gasteiger partial charge is 0.488 e. The lowest BCUT2D eigenvalue weighted by Crippen LogP contribution is -2.29. The van der Waals surface area contributed by atoms with E-state index in [0.29, 0.717) is 34.7 Å². The minimum atomic E-state index is -4.93. The fourth-order valence-corrected chi connectivity index (χ4v) is 7.13. The molecule has 13 heteroatoms. The number of nitrogens with one attached hydrogen (secondary N) is 1. The average Bonchev–Trinajstić information content (AvgIpc) is 2.97. The first-order valence-corrected chi connectivity index (χ1v) is 17.2. The van der Waals surface area contributed by atoms with Crippen LogP contribution in [0.1, 0.15) is 75.0 Å². The monoisotopic (exact) mass is 683 g/mol. The van der Waals surface area contributed by atoms with E-state index in [2.05, 4.69) is 24.7 Å². The van der Waals surface area contributed by atoms with Gasteiger partial charge in [-0.1, -0.05) is 51.1 Å². The SMILES string of the molecule is Cc1cccc(C)c1-c1nc2nc(c1C(F)(F)F)OC[C@@H](CC(C)(C)C)C(Cc1ncc(OC(C)C)cn1)c1cccc(c1)S(=O)(=O)N2. The number of anilines is 1. The first-order valence-electron chi connectivity index (χ1n) is 15.7. The molecule has 2 atom stereocenters. The molecule has 0 aliphatic carbocycles. The maximum absolute atomic E-state index is 15.0. The second kappa shape index (κ2) is 13.3. The Morgan fingerprint density at radius 2 is 1.65 bits per heavy atom. The number of alkyl halides is 3. The Morgan fingerprint density at radius 1 is 1.00 bits per heavy atom. The molecule has 4 bridgehead atoms. The van der Waals surface area contributed by atoms with Crippen LogP contribution in [-0.2, 0) is 22.6 Å². The van der Waals surface area contributed by atoms with Crippen molar-refractivity contribution in [1.29, 1.82) is 0 Å². The van der Waals surface area contributed by atoms with Crippen molar-refractivity contribution in [3.8, 4) is 22.9 Å². The molecule has 0 fully saturated rings. The van der Waals surface area contributed by atoms with E-state index in [1.165, 1.54) is 6.07 Å². The summed E-state index contributed by atoms with van der Waals surface area (Å²) in [5.41, 5.74) is 0.0158. The van der Waals surface area contributed by atoms with Crippen LogP contribution in [0.5, 0.6) is 11.6 Å². The molecule has 0 amide bonds. The smallest absolute Gasteiger partial charge is 0.423 e. The molecule has 5 rings (SSSR count). The van der Waals surface area contributed by atoms with E-state index in [9.17, 15) is 21.6 Å². The first-order chi connectivity index (χ1) is 22.4. The van der Waals surface area contributed by atoms with Gasteiger partial charge < -0.3 is 9.47 Å². The van der Waals surface area contributed by atoms with Crippen molar-refractivity contribution < 1.29 is 31.1 Å². The summed E-state index contributed by atoms with van der Waals surface area (Å²) in [6, 6.07) is 11.5. The van der Waals surface area contributed by atoms with Gasteiger partial charge in [0.25, 0.3) is 10.0 Å². The summed E-state index contributed by atoms with van der Waals surface area (Å²) in [5.74, 6) is -1.16. The number of nitrogens with zero attached hydrogens (tertiary/aromatic N) is 4. The van der Waals surface area contributed by atoms with Gasteiger partial charge in [-0.2, -0.15) is 18.2 Å². The number of hydrogen-bond acceptors (Lipinski definition) is 8. The molecule has 0 spiro atoms. The normalized spacial score (nSPS) is 17.9. The summed E-state index contributed by atoms with van der Waals surface area (Å²) < 4.78 is 86.6. The van der Waals surface area contributed by atoms with Crippen LogP contribution in [0.25, 0.3) is 11.3 Å². The van der Waals surface area contributed by atoms with Crippen molar-refractivity contribution in [1.82, 2.24) is 19.9 Å². The second-order valence-electron chi connectivity index (χ2n) is 13.7. The van der Waals surface area contributed by atoms with Crippen LogP contribution in [0.2, 0.25) is 0 Å². The molecule has 1 aliphatic rings. The van der Waals surface area contributed by atoms with Gasteiger partial charge in [-0.25, -0.2) is 28.1 Å². The Hall–Kier alpha value is -4.26. The second-order valence-corrected chi connectivity index (χ2v) is 15.3. The molecule has 1 aliphatic heterocycles. The van der Waals surface area contributed by atoms with E-state index in [1.54, 1.807) is 62.6 Å². The zero-order valence-electron chi connectivity index (χ0n) is 28.0. The van der Waals surface area contributed by atoms with E-state index in [0.717, 1.165) is 0 Å². The standard InChI is InChI=1S/C35H40F3N5O4S/c1-20(2)47-25-17-39-28(40-18-25)15-27-23-12-9-13-26(14-23)48(44,45)43-33-41-31(29-21(3)10-8-11-22(29)4)30(35(36,37)38)32(42-33)46-19-24(27)16-34(5,6)7/h8-14,17-18,20,24,27H,15-16,19H2,1-7H3,(H,41,42,43)/t24-,27?/m1/s1. The van der Waals surface area contributed by atoms with Crippen LogP contribution in [0.15, 0.2) is 59.8 Å². The van der Waals surface area contributed by atoms with Crippen LogP contribution in [-0.4, -0.2) is 41.1 Å². The topological polar surface area (TPSA) is 116 Å². The molecule has 48 heavy (non-hydrogen) atoms. The summed E-state index contributed by atoms with van der Waals surface area (Å²) in [6.07, 6.45) is -1.07. The first kappa shape index (κ1) is 35.1. The highest BCUT2D eigenvalue weighted by molar-refractivity contribution is 7.92. The molecule has 2 aromatic heterocycles. The Labute approximate surface area is 279 Å². The number of benzene rings is 2. The molecule has 1 N–H and O–H groups in total. The molecular weight excluding hydrogens is 643 g/mol. The molecule has 4 aromatic rings. The molecule has 0 radical (unpaired) electrons. The quantitative estimate of drug-likeness (QED) is 0.218. The fourth-order valence-electron chi connectivity index (χ4n) is 6.13. The van der Waals surface area contributed by atoms with Crippen LogP contribution < -0.4 is 14.2 Å². The van der Waals surface area contributed by atoms with E-state index >= 15 is 0 Å². The summed E-state index contributed by atoms with van der Waals surface area (Å²) in [5, 5.41) is 0. The van der Waals surface area contributed by atoms with Crippen molar-refractivity contribution in [3.05, 3.63) is 82.9 Å². The Bertz CT molecular complexity index is 1870. The van der Waals surface area contributed by atoms with Crippen LogP contribution in [0, 0.1) is 25.2 Å². The minimum Gasteiger partial charge on any atom is -0.488 e. The fraction of sp³-hybridized carbons (Fsp3) is 0.429. The molecule has 1 unspecified atom stereocenters. The number of sulfonamides is 1. The molecule has 256 valence electrons. The third-order valence-electron chi connectivity index (χ3n) is 8.03. The van der Waals surface area contributed by atoms with Gasteiger partial charge in [0.15, 0.2) is 5.75 Å². The summed E-state index contributed by atoms with van der Waals surface area (Å²) in [4.78, 5) is 17.1. The van der Waals surface area contributed by atoms with Gasteiger partial charge in [-0.15, -0.1) is 0 Å². The predicted molar refractivity (Wildman–Crippen MR) is 176 cm³/mol. The van der Waals surface area contributed by atoms with Crippen LogP contribution in [0.3, 0.4) is 0 Å². The molecular formula is C35H40F3N5O4S. The van der Waals surface area contributed by atoms with Crippen molar-refractivity contribution in [2.24, 2.45) is 11.3 Å². The molecule has 9 nitrogen and oxygen atoms in total. The Morgan fingerprint density at radius 3 is 2.25 bits per heavy atom. The van der Waals surface area contributed by atoms with Gasteiger partial charge in [0.2, 0.25) is 11.8 Å². The summed E-state index contributed by atoms with van der Waals surface area (Å²) in [6.45, 7) is 13.1. The molecule has 0 saturated heterocycles. The molecule has 3 heterocycles. The van der Waals surface area contributed by atoms with Gasteiger partial charge in [-0.3, -0.25) is 0 Å². The van der Waals surface area contributed by atoms with E-state index in [4.69, 9.17) is 9.47 Å². The van der Waals surface area contributed by atoms with Gasteiger partial charge in [0.05, 0.1) is 35.7 Å². The average molecular weight is 684 g/mol. The highest BCUT2D eigenvalue weighted by Gasteiger charge is 2.42. The lowest BCUT2D eigenvalue weighted by atomic mass is 9.75. The summed E-state index contributed by atoms with van der Waals surface area (Å²) >= 11 is 0. The van der Waals surface area contributed by atoms with E-state index in [1.807, 2.05) is 34.6 Å². The van der Waals surface area contributed by atoms with Crippen LogP contribution >= 0.6 is 0 Å². The van der Waals surface area contributed by atoms with Crippen LogP contribution in [0.4, 0.5) is 19.1 Å². The maximum Gasteiger partial charge on any atom is 0.423 e. The lowest BCUT2D eigenvalue weighted by Gasteiger charge is -2.33. The third-order valence-corrected chi connectivity index (χ3v) is 9.36. The number of fused-ring (bicyclic) bond motifs is 4. The number of ether oxygens (including phenoxy) is 2. The number of hydrogen-bond donors (Lipinski definition) is 1. The van der Waals surface area contributed by atoms with Crippen molar-refractivity contribution in [2.45, 2.75) is 84.4 Å². The van der Waals surface area contributed by atoms with Gasteiger partial charge in [-0.05, 0) is 74.3 Å². The predicted octanol–water partition coefficient (Wildman–Crippen LogP) is 7.93. The van der Waals surface area contributed by atoms with E-state index in [-0.39, 0.29) is 35.0 Å². The van der Waals surface area contributed by atoms with Gasteiger partial charge >= 0.3 is 6.18 Å². The summed E-state index contributed by atoms with van der Waals surface area (Å²) in [7, 11) is -4.34. The molecule has 2 aromatic carbocycles. The highest BCUT2D eigenvalue weighted by Crippen LogP contribution is 2.45. The lowest BCUT2D eigenvalue weighted by molar-refractivity contribution is -0.139. The number of rotatable bonds is 6. The third kappa shape index (κ3) is 8.05. The number of halogens is 3. The maximum atomic E-state index is 15.0. The zero-order chi connectivity index (χ0) is 35.0. The van der Waals surface area contributed by atoms with Gasteiger partial charge in [0.1, 0.15) is 11.4 Å². The number of aryl methyl sites for hydroxylation is 2. The van der Waals surface area contributed by atoms with Crippen molar-refractivity contribution in [3.63, 3.8) is 0 Å². The number of aromatic nitrogens is 4. The Kier molecular flexibility index (Phi) is 9.74. The zero-order valence-corrected chi connectivity index (χ0v) is 28.8. The van der Waals surface area contributed by atoms with Gasteiger partial charge in [0, 0.05) is 17.9 Å².